The van der Waals surface area contributed by atoms with Gasteiger partial charge in [0, 0.05) is 24.7 Å². The van der Waals surface area contributed by atoms with Gasteiger partial charge < -0.3 is 10.6 Å². The number of benzene rings is 1. The van der Waals surface area contributed by atoms with Crippen molar-refractivity contribution in [1.82, 2.24) is 5.32 Å². The molecule has 1 aromatic rings. The maximum Gasteiger partial charge on any atom is 0.224 e. The lowest BCUT2D eigenvalue weighted by Crippen LogP contribution is -2.15. The Morgan fingerprint density at radius 3 is 2.61 bits per heavy atom. The Kier molecular flexibility index (Phi) is 4.76. The van der Waals surface area contributed by atoms with Crippen LogP contribution < -0.4 is 10.6 Å². The molecule has 0 atom stereocenters. The van der Waals surface area contributed by atoms with Crippen LogP contribution in [0.4, 0.5) is 5.69 Å². The van der Waals surface area contributed by atoms with Crippen molar-refractivity contribution in [3.05, 3.63) is 29.8 Å². The summed E-state index contributed by atoms with van der Waals surface area (Å²) in [5.41, 5.74) is 2.17. The van der Waals surface area contributed by atoms with Crippen LogP contribution >= 0.6 is 0 Å². The van der Waals surface area contributed by atoms with Crippen molar-refractivity contribution in [2.24, 2.45) is 0 Å². The zero-order valence-corrected chi connectivity index (χ0v) is 11.0. The number of amides is 1. The molecule has 0 heterocycles. The van der Waals surface area contributed by atoms with Gasteiger partial charge in [-0.25, -0.2) is 0 Å². The summed E-state index contributed by atoms with van der Waals surface area (Å²) in [5, 5.41) is 6.40. The third-order valence-corrected chi connectivity index (χ3v) is 3.17. The maximum atomic E-state index is 11.6. The van der Waals surface area contributed by atoms with Gasteiger partial charge in [-0.05, 0) is 37.0 Å². The molecule has 0 radical (unpaired) electrons. The van der Waals surface area contributed by atoms with Crippen LogP contribution in [-0.2, 0) is 11.3 Å². The molecule has 0 saturated heterocycles. The summed E-state index contributed by atoms with van der Waals surface area (Å²) in [7, 11) is 0. The molecular weight excluding hydrogens is 224 g/mol. The first kappa shape index (κ1) is 13.1. The van der Waals surface area contributed by atoms with E-state index in [1.165, 1.54) is 18.4 Å². The molecule has 2 rings (SSSR count). The highest BCUT2D eigenvalue weighted by Crippen LogP contribution is 2.19. The van der Waals surface area contributed by atoms with Gasteiger partial charge in [-0.15, -0.1) is 0 Å². The summed E-state index contributed by atoms with van der Waals surface area (Å²) in [6.07, 6.45) is 5.24. The van der Waals surface area contributed by atoms with Crippen LogP contribution in [0.1, 0.15) is 44.6 Å². The van der Waals surface area contributed by atoms with Crippen molar-refractivity contribution in [3.8, 4) is 0 Å². The second-order valence-corrected chi connectivity index (χ2v) is 5.00. The van der Waals surface area contributed by atoms with Gasteiger partial charge in [0.2, 0.25) is 5.91 Å². The molecule has 1 aromatic carbocycles. The summed E-state index contributed by atoms with van der Waals surface area (Å²) >= 11 is 0. The van der Waals surface area contributed by atoms with Crippen LogP contribution in [0.25, 0.3) is 0 Å². The summed E-state index contributed by atoms with van der Waals surface area (Å²) < 4.78 is 0. The molecule has 0 unspecified atom stereocenters. The van der Waals surface area contributed by atoms with Crippen LogP contribution in [0, 0.1) is 0 Å². The lowest BCUT2D eigenvalue weighted by atomic mass is 10.2. The molecule has 98 valence electrons. The Morgan fingerprint density at radius 1 is 1.28 bits per heavy atom. The van der Waals surface area contributed by atoms with E-state index in [2.05, 4.69) is 29.7 Å². The molecule has 0 spiro atoms. The Balaban J connectivity index is 1.77. The first-order valence-electron chi connectivity index (χ1n) is 6.90. The SMILES string of the molecule is CCCCC(=O)Nc1ccc(CNC2CC2)cc1. The van der Waals surface area contributed by atoms with E-state index in [9.17, 15) is 4.79 Å². The van der Waals surface area contributed by atoms with Crippen molar-refractivity contribution in [2.45, 2.75) is 51.6 Å². The van der Waals surface area contributed by atoms with Crippen molar-refractivity contribution >= 4 is 11.6 Å². The highest BCUT2D eigenvalue weighted by Gasteiger charge is 2.19. The normalized spacial score (nSPS) is 14.5. The van der Waals surface area contributed by atoms with Gasteiger partial charge in [0.05, 0.1) is 0 Å². The predicted molar refractivity (Wildman–Crippen MR) is 74.5 cm³/mol. The van der Waals surface area contributed by atoms with Crippen LogP contribution in [0.5, 0.6) is 0 Å². The number of rotatable bonds is 7. The quantitative estimate of drug-likeness (QED) is 0.776. The minimum atomic E-state index is 0.112. The monoisotopic (exact) mass is 246 g/mol. The Bertz CT molecular complexity index is 382. The molecule has 1 amide bonds. The number of carbonyl (C=O) groups excluding carboxylic acids is 1. The molecule has 1 aliphatic rings. The molecule has 0 bridgehead atoms. The van der Waals surface area contributed by atoms with Gasteiger partial charge in [-0.1, -0.05) is 25.5 Å². The van der Waals surface area contributed by atoms with Crippen molar-refractivity contribution in [1.29, 1.82) is 0 Å². The summed E-state index contributed by atoms with van der Waals surface area (Å²) in [6, 6.07) is 8.84. The zero-order valence-electron chi connectivity index (χ0n) is 11.0. The number of carbonyl (C=O) groups is 1. The Hall–Kier alpha value is -1.35. The fourth-order valence-corrected chi connectivity index (χ4v) is 1.82. The third kappa shape index (κ3) is 4.49. The van der Waals surface area contributed by atoms with E-state index in [-0.39, 0.29) is 5.91 Å². The third-order valence-electron chi connectivity index (χ3n) is 3.17. The average Bonchev–Trinajstić information content (AvgIpc) is 3.20. The van der Waals surface area contributed by atoms with Gasteiger partial charge in [-0.2, -0.15) is 0 Å². The number of hydrogen-bond acceptors (Lipinski definition) is 2. The van der Waals surface area contributed by atoms with Crippen molar-refractivity contribution in [2.75, 3.05) is 5.32 Å². The molecule has 0 aromatic heterocycles. The molecule has 2 N–H and O–H groups in total. The van der Waals surface area contributed by atoms with E-state index in [4.69, 9.17) is 0 Å². The molecule has 1 saturated carbocycles. The topological polar surface area (TPSA) is 41.1 Å². The molecule has 1 aliphatic carbocycles. The number of nitrogens with one attached hydrogen (secondary N) is 2. The summed E-state index contributed by atoms with van der Waals surface area (Å²) in [6.45, 7) is 3.02. The molecule has 3 heteroatoms. The fraction of sp³-hybridized carbons (Fsp3) is 0.533. The van der Waals surface area contributed by atoms with Gasteiger partial charge >= 0.3 is 0 Å². The van der Waals surface area contributed by atoms with Crippen molar-refractivity contribution < 1.29 is 4.79 Å². The molecule has 0 aliphatic heterocycles. The highest BCUT2D eigenvalue weighted by molar-refractivity contribution is 5.90. The van der Waals surface area contributed by atoms with E-state index in [0.29, 0.717) is 6.42 Å². The molecule has 18 heavy (non-hydrogen) atoms. The summed E-state index contributed by atoms with van der Waals surface area (Å²) in [5.74, 6) is 0.112. The first-order chi connectivity index (χ1) is 8.78. The second kappa shape index (κ2) is 6.55. The van der Waals surface area contributed by atoms with Crippen LogP contribution in [-0.4, -0.2) is 11.9 Å². The largest absolute Gasteiger partial charge is 0.326 e. The van der Waals surface area contributed by atoms with Crippen LogP contribution in [0.2, 0.25) is 0 Å². The van der Waals surface area contributed by atoms with Crippen molar-refractivity contribution in [3.63, 3.8) is 0 Å². The van der Waals surface area contributed by atoms with E-state index >= 15 is 0 Å². The summed E-state index contributed by atoms with van der Waals surface area (Å²) in [4.78, 5) is 11.6. The van der Waals surface area contributed by atoms with Gasteiger partial charge in [-0.3, -0.25) is 4.79 Å². The molecule has 3 nitrogen and oxygen atoms in total. The second-order valence-electron chi connectivity index (χ2n) is 5.00. The minimum Gasteiger partial charge on any atom is -0.326 e. The van der Waals surface area contributed by atoms with E-state index < -0.39 is 0 Å². The number of anilines is 1. The van der Waals surface area contributed by atoms with Gasteiger partial charge in [0.15, 0.2) is 0 Å². The van der Waals surface area contributed by atoms with Gasteiger partial charge in [0.1, 0.15) is 0 Å². The predicted octanol–water partition coefficient (Wildman–Crippen LogP) is 3.07. The van der Waals surface area contributed by atoms with Crippen LogP contribution in [0.3, 0.4) is 0 Å². The molecule has 1 fully saturated rings. The average molecular weight is 246 g/mol. The fourth-order valence-electron chi connectivity index (χ4n) is 1.82. The Labute approximate surface area is 109 Å². The van der Waals surface area contributed by atoms with E-state index in [1.54, 1.807) is 0 Å². The van der Waals surface area contributed by atoms with Gasteiger partial charge in [0.25, 0.3) is 0 Å². The van der Waals surface area contributed by atoms with Crippen LogP contribution in [0.15, 0.2) is 24.3 Å². The Morgan fingerprint density at radius 2 is 2.00 bits per heavy atom. The smallest absolute Gasteiger partial charge is 0.224 e. The standard InChI is InChI=1S/C15H22N2O/c1-2-3-4-15(18)17-14-7-5-12(6-8-14)11-16-13-9-10-13/h5-8,13,16H,2-4,9-11H2,1H3,(H,17,18). The van der Waals surface area contributed by atoms with E-state index in [0.717, 1.165) is 31.1 Å². The lowest BCUT2D eigenvalue weighted by molar-refractivity contribution is -0.116. The molecular formula is C15H22N2O. The zero-order chi connectivity index (χ0) is 12.8. The minimum absolute atomic E-state index is 0.112. The number of unbranched alkanes of at least 4 members (excludes halogenated alkanes) is 1. The lowest BCUT2D eigenvalue weighted by Gasteiger charge is -2.07. The number of hydrogen-bond donors (Lipinski definition) is 2. The van der Waals surface area contributed by atoms with E-state index in [1.807, 2.05) is 12.1 Å². The highest BCUT2D eigenvalue weighted by atomic mass is 16.1. The maximum absolute atomic E-state index is 11.6. The first-order valence-corrected chi connectivity index (χ1v) is 6.90.